The Bertz CT molecular complexity index is 1060. The van der Waals surface area contributed by atoms with E-state index < -0.39 is 14.9 Å². The third kappa shape index (κ3) is 5.28. The summed E-state index contributed by atoms with van der Waals surface area (Å²) < 4.78 is 33.9. The van der Waals surface area contributed by atoms with Crippen LogP contribution in [0.5, 0.6) is 5.75 Å². The monoisotopic (exact) mass is 461 g/mol. The number of ether oxygens (including phenoxy) is 1. The average Bonchev–Trinajstić information content (AvgIpc) is 2.77. The van der Waals surface area contributed by atoms with Crippen LogP contribution < -0.4 is 10.1 Å². The van der Waals surface area contributed by atoms with Crippen LogP contribution in [0, 0.1) is 10.1 Å². The number of piperidine rings is 1. The zero-order chi connectivity index (χ0) is 23.5. The summed E-state index contributed by atoms with van der Waals surface area (Å²) >= 11 is 0. The van der Waals surface area contributed by atoms with Gasteiger partial charge in [-0.3, -0.25) is 10.1 Å². The van der Waals surface area contributed by atoms with Gasteiger partial charge in [0.05, 0.1) is 16.9 Å². The molecule has 2 aromatic rings. The summed E-state index contributed by atoms with van der Waals surface area (Å²) in [5.74, 6) is 0.146. The molecule has 32 heavy (non-hydrogen) atoms. The van der Waals surface area contributed by atoms with Crippen molar-refractivity contribution in [3.8, 4) is 5.75 Å². The Kier molecular flexibility index (Phi) is 7.22. The molecule has 0 aliphatic carbocycles. The van der Waals surface area contributed by atoms with Gasteiger partial charge in [0.15, 0.2) is 5.75 Å². The maximum atomic E-state index is 13.7. The molecule has 0 amide bonds. The lowest BCUT2D eigenvalue weighted by molar-refractivity contribution is -0.385. The van der Waals surface area contributed by atoms with Crippen molar-refractivity contribution in [2.75, 3.05) is 20.2 Å². The van der Waals surface area contributed by atoms with E-state index in [0.29, 0.717) is 18.4 Å². The molecule has 2 aromatic carbocycles. The highest BCUT2D eigenvalue weighted by Crippen LogP contribution is 2.31. The van der Waals surface area contributed by atoms with Crippen LogP contribution in [-0.2, 0) is 22.0 Å². The van der Waals surface area contributed by atoms with Crippen LogP contribution in [0.3, 0.4) is 0 Å². The lowest BCUT2D eigenvalue weighted by Crippen LogP contribution is -2.45. The SMILES string of the molecule is COc1ccc(CN(C2CCNCC2)S(=O)(=O)c2ccc(C(C)(C)C)cc2)cc1[N+](=O)[O-]. The van der Waals surface area contributed by atoms with E-state index >= 15 is 0 Å². The van der Waals surface area contributed by atoms with E-state index in [1.165, 1.54) is 23.5 Å². The molecule has 0 aromatic heterocycles. The smallest absolute Gasteiger partial charge is 0.311 e. The molecule has 1 aliphatic rings. The fourth-order valence-corrected chi connectivity index (χ4v) is 5.60. The van der Waals surface area contributed by atoms with Gasteiger partial charge >= 0.3 is 5.69 Å². The minimum absolute atomic E-state index is 0.0544. The molecule has 1 fully saturated rings. The van der Waals surface area contributed by atoms with Crippen LogP contribution in [0.15, 0.2) is 47.4 Å². The Morgan fingerprint density at radius 2 is 1.75 bits per heavy atom. The summed E-state index contributed by atoms with van der Waals surface area (Å²) in [6.07, 6.45) is 1.36. The van der Waals surface area contributed by atoms with E-state index in [-0.39, 0.29) is 34.3 Å². The normalized spacial score (nSPS) is 15.7. The predicted molar refractivity (Wildman–Crippen MR) is 123 cm³/mol. The Morgan fingerprint density at radius 3 is 2.28 bits per heavy atom. The zero-order valence-electron chi connectivity index (χ0n) is 19.0. The van der Waals surface area contributed by atoms with Gasteiger partial charge in [0.1, 0.15) is 0 Å². The highest BCUT2D eigenvalue weighted by Gasteiger charge is 2.33. The van der Waals surface area contributed by atoms with Crippen molar-refractivity contribution in [3.63, 3.8) is 0 Å². The Hall–Kier alpha value is -2.49. The predicted octanol–water partition coefficient (Wildman–Crippen LogP) is 3.84. The van der Waals surface area contributed by atoms with Gasteiger partial charge < -0.3 is 10.1 Å². The van der Waals surface area contributed by atoms with Crippen molar-refractivity contribution < 1.29 is 18.1 Å². The standard InChI is InChI=1S/C23H31N3O5S/c1-23(2,3)18-6-8-20(9-7-18)32(29,30)25(19-11-13-24-14-12-19)16-17-5-10-22(31-4)21(15-17)26(27)28/h5-10,15,19,24H,11-14,16H2,1-4H3. The van der Waals surface area contributed by atoms with Gasteiger partial charge in [0.25, 0.3) is 0 Å². The van der Waals surface area contributed by atoms with Gasteiger partial charge in [-0.25, -0.2) is 8.42 Å². The number of nitro benzene ring substituents is 1. The molecule has 1 aliphatic heterocycles. The second kappa shape index (κ2) is 9.56. The summed E-state index contributed by atoms with van der Waals surface area (Å²) in [4.78, 5) is 11.1. The molecule has 3 rings (SSSR count). The first-order valence-corrected chi connectivity index (χ1v) is 12.1. The number of nitrogens with one attached hydrogen (secondary N) is 1. The summed E-state index contributed by atoms with van der Waals surface area (Å²) in [5.41, 5.74) is 1.34. The third-order valence-corrected chi connectivity index (χ3v) is 7.73. The first-order chi connectivity index (χ1) is 15.0. The van der Waals surface area contributed by atoms with Crippen LogP contribution >= 0.6 is 0 Å². The summed E-state index contributed by atoms with van der Waals surface area (Å²) in [7, 11) is -2.44. The van der Waals surface area contributed by atoms with Gasteiger partial charge in [-0.15, -0.1) is 0 Å². The second-order valence-electron chi connectivity index (χ2n) is 9.07. The van der Waals surface area contributed by atoms with Crippen LogP contribution in [0.4, 0.5) is 5.69 Å². The quantitative estimate of drug-likeness (QED) is 0.496. The van der Waals surface area contributed by atoms with Gasteiger partial charge in [-0.05, 0) is 60.7 Å². The highest BCUT2D eigenvalue weighted by molar-refractivity contribution is 7.89. The number of hydrogen-bond acceptors (Lipinski definition) is 6. The summed E-state index contributed by atoms with van der Waals surface area (Å²) in [6.45, 7) is 7.74. The maximum absolute atomic E-state index is 13.7. The Labute approximate surface area is 189 Å². The van der Waals surface area contributed by atoms with Crippen LogP contribution in [-0.4, -0.2) is 43.9 Å². The molecule has 8 nitrogen and oxygen atoms in total. The molecule has 1 heterocycles. The van der Waals surface area contributed by atoms with E-state index in [4.69, 9.17) is 4.74 Å². The van der Waals surface area contributed by atoms with Gasteiger partial charge in [0, 0.05) is 18.7 Å². The number of methoxy groups -OCH3 is 1. The van der Waals surface area contributed by atoms with Crippen molar-refractivity contribution in [2.45, 2.75) is 56.5 Å². The van der Waals surface area contributed by atoms with E-state index in [0.717, 1.165) is 18.7 Å². The first kappa shape index (κ1) is 24.2. The highest BCUT2D eigenvalue weighted by atomic mass is 32.2. The molecule has 0 spiro atoms. The zero-order valence-corrected chi connectivity index (χ0v) is 19.8. The van der Waals surface area contributed by atoms with E-state index in [2.05, 4.69) is 26.1 Å². The summed E-state index contributed by atoms with van der Waals surface area (Å²) in [5, 5.41) is 14.7. The van der Waals surface area contributed by atoms with Crippen LogP contribution in [0.2, 0.25) is 0 Å². The topological polar surface area (TPSA) is 102 Å². The minimum atomic E-state index is -3.81. The molecule has 1 N–H and O–H groups in total. The third-order valence-electron chi connectivity index (χ3n) is 5.82. The molecule has 9 heteroatoms. The van der Waals surface area contributed by atoms with E-state index in [1.54, 1.807) is 18.2 Å². The lowest BCUT2D eigenvalue weighted by Gasteiger charge is -2.34. The van der Waals surface area contributed by atoms with E-state index in [1.807, 2.05) is 12.1 Å². The molecular formula is C23H31N3O5S. The van der Waals surface area contributed by atoms with Gasteiger partial charge in [-0.1, -0.05) is 39.0 Å². The number of nitro groups is 1. The van der Waals surface area contributed by atoms with Crippen molar-refractivity contribution in [2.24, 2.45) is 0 Å². The molecule has 1 saturated heterocycles. The van der Waals surface area contributed by atoms with Crippen LogP contribution in [0.1, 0.15) is 44.7 Å². The van der Waals surface area contributed by atoms with Crippen molar-refractivity contribution >= 4 is 15.7 Å². The maximum Gasteiger partial charge on any atom is 0.311 e. The Morgan fingerprint density at radius 1 is 1.12 bits per heavy atom. The number of hydrogen-bond donors (Lipinski definition) is 1. The lowest BCUT2D eigenvalue weighted by atomic mass is 9.87. The largest absolute Gasteiger partial charge is 0.490 e. The van der Waals surface area contributed by atoms with Crippen molar-refractivity contribution in [1.29, 1.82) is 0 Å². The molecular weight excluding hydrogens is 430 g/mol. The van der Waals surface area contributed by atoms with Crippen molar-refractivity contribution in [1.82, 2.24) is 9.62 Å². The minimum Gasteiger partial charge on any atom is -0.490 e. The fourth-order valence-electron chi connectivity index (χ4n) is 3.92. The van der Waals surface area contributed by atoms with Crippen LogP contribution in [0.25, 0.3) is 0 Å². The number of rotatable bonds is 7. The van der Waals surface area contributed by atoms with E-state index in [9.17, 15) is 18.5 Å². The van der Waals surface area contributed by atoms with Gasteiger partial charge in [-0.2, -0.15) is 4.31 Å². The molecule has 0 atom stereocenters. The first-order valence-electron chi connectivity index (χ1n) is 10.7. The Balaban J connectivity index is 1.99. The average molecular weight is 462 g/mol. The summed E-state index contributed by atoms with van der Waals surface area (Å²) in [6, 6.07) is 11.4. The van der Waals surface area contributed by atoms with Gasteiger partial charge in [0.2, 0.25) is 10.0 Å². The number of nitrogens with zero attached hydrogens (tertiary/aromatic N) is 2. The molecule has 0 saturated carbocycles. The number of sulfonamides is 1. The molecule has 0 bridgehead atoms. The molecule has 174 valence electrons. The fraction of sp³-hybridized carbons (Fsp3) is 0.478. The molecule has 0 radical (unpaired) electrons. The number of benzene rings is 2. The second-order valence-corrected chi connectivity index (χ2v) is 11.0. The van der Waals surface area contributed by atoms with Crippen molar-refractivity contribution in [3.05, 3.63) is 63.7 Å². The molecule has 0 unspecified atom stereocenters.